The lowest BCUT2D eigenvalue weighted by molar-refractivity contribution is 0.177. The maximum absolute atomic E-state index is 13.2. The van der Waals surface area contributed by atoms with Gasteiger partial charge in [-0.15, -0.1) is 0 Å². The SMILES string of the molecule is Cc1c(N2CCC3(CC2)Cc2ccccc2[C@H]3NS(=O)C(C)(C)C)ccc2oc(-c3cccc(Cl)c3Cl)nc12. The van der Waals surface area contributed by atoms with E-state index in [1.807, 2.05) is 39.0 Å². The molecule has 0 bridgehead atoms. The van der Waals surface area contributed by atoms with Crippen molar-refractivity contribution in [3.8, 4) is 11.5 Å². The van der Waals surface area contributed by atoms with Crippen molar-refractivity contribution < 1.29 is 8.63 Å². The van der Waals surface area contributed by atoms with Gasteiger partial charge in [0.1, 0.15) is 5.52 Å². The Balaban J connectivity index is 1.27. The Hall–Kier alpha value is -2.38. The number of hydrogen-bond acceptors (Lipinski definition) is 4. The van der Waals surface area contributed by atoms with Crippen molar-refractivity contribution in [2.24, 2.45) is 5.41 Å². The molecule has 0 radical (unpaired) electrons. The lowest BCUT2D eigenvalue weighted by Crippen LogP contribution is -2.48. The van der Waals surface area contributed by atoms with Crippen LogP contribution in [0.3, 0.4) is 0 Å². The van der Waals surface area contributed by atoms with Crippen LogP contribution in [0, 0.1) is 12.3 Å². The number of aromatic nitrogens is 1. The first kappa shape index (κ1) is 26.8. The minimum absolute atomic E-state index is 0.0451. The van der Waals surface area contributed by atoms with Crippen LogP contribution in [0.4, 0.5) is 5.69 Å². The summed E-state index contributed by atoms with van der Waals surface area (Å²) in [6.45, 7) is 10.0. The fraction of sp³-hybridized carbons (Fsp3) is 0.387. The number of hydrogen-bond donors (Lipinski definition) is 1. The number of aryl methyl sites for hydroxylation is 1. The number of nitrogens with one attached hydrogen (secondary N) is 1. The molecule has 1 unspecified atom stereocenters. The summed E-state index contributed by atoms with van der Waals surface area (Å²) in [6.07, 6.45) is 3.04. The van der Waals surface area contributed by atoms with Crippen molar-refractivity contribution in [1.29, 1.82) is 0 Å². The van der Waals surface area contributed by atoms with Gasteiger partial charge in [-0.1, -0.05) is 53.5 Å². The summed E-state index contributed by atoms with van der Waals surface area (Å²) in [6, 6.07) is 18.4. The van der Waals surface area contributed by atoms with Crippen LogP contribution in [0.15, 0.2) is 59.0 Å². The molecular formula is C31H33Cl2N3O2S. The highest BCUT2D eigenvalue weighted by atomic mass is 35.5. The van der Waals surface area contributed by atoms with Crippen LogP contribution in [0.2, 0.25) is 10.0 Å². The third-order valence-electron chi connectivity index (χ3n) is 8.37. The van der Waals surface area contributed by atoms with E-state index in [1.54, 1.807) is 6.07 Å². The van der Waals surface area contributed by atoms with Gasteiger partial charge in [0.25, 0.3) is 0 Å². The zero-order chi connectivity index (χ0) is 27.5. The highest BCUT2D eigenvalue weighted by Gasteiger charge is 2.48. The Kier molecular flexibility index (Phi) is 6.82. The van der Waals surface area contributed by atoms with Crippen molar-refractivity contribution in [1.82, 2.24) is 9.71 Å². The van der Waals surface area contributed by atoms with Crippen LogP contribution in [-0.2, 0) is 17.4 Å². The lowest BCUT2D eigenvalue weighted by Gasteiger charge is -2.45. The maximum Gasteiger partial charge on any atom is 0.228 e. The number of piperidine rings is 1. The van der Waals surface area contributed by atoms with Crippen molar-refractivity contribution in [3.05, 3.63) is 81.3 Å². The van der Waals surface area contributed by atoms with Gasteiger partial charge < -0.3 is 9.32 Å². The van der Waals surface area contributed by atoms with E-state index in [0.717, 1.165) is 49.0 Å². The van der Waals surface area contributed by atoms with Crippen LogP contribution >= 0.6 is 23.2 Å². The molecular weight excluding hydrogens is 549 g/mol. The third-order valence-corrected chi connectivity index (χ3v) is 10.8. The molecule has 6 rings (SSSR count). The normalized spacial score (nSPS) is 19.5. The summed E-state index contributed by atoms with van der Waals surface area (Å²) in [4.78, 5) is 7.29. The van der Waals surface area contributed by atoms with Gasteiger partial charge in [-0.2, -0.15) is 0 Å². The van der Waals surface area contributed by atoms with Gasteiger partial charge in [-0.05, 0) is 87.8 Å². The molecule has 3 aromatic carbocycles. The monoisotopic (exact) mass is 581 g/mol. The van der Waals surface area contributed by atoms with Gasteiger partial charge in [-0.25, -0.2) is 13.9 Å². The Morgan fingerprint density at radius 2 is 1.79 bits per heavy atom. The highest BCUT2D eigenvalue weighted by Crippen LogP contribution is 2.53. The number of halogens is 2. The lowest BCUT2D eigenvalue weighted by atomic mass is 9.73. The fourth-order valence-corrected chi connectivity index (χ4v) is 7.49. The standard InChI is InChI=1S/C31H33Cl2N3O2S/c1-19-24(12-13-25-27(19)34-29(38-25)22-10-7-11-23(32)26(22)33)36-16-14-31(15-17-36)18-20-8-5-6-9-21(20)28(31)35-39(37)30(2,3)4/h5-13,28,35H,14-18H2,1-4H3/t28-,39?/m1/s1. The molecule has 5 nitrogen and oxygen atoms in total. The van der Waals surface area contributed by atoms with Crippen molar-refractivity contribution in [2.75, 3.05) is 18.0 Å². The predicted octanol–water partition coefficient (Wildman–Crippen LogP) is 8.05. The van der Waals surface area contributed by atoms with Gasteiger partial charge in [0, 0.05) is 24.3 Å². The average molecular weight is 583 g/mol. The van der Waals surface area contributed by atoms with E-state index in [-0.39, 0.29) is 16.2 Å². The first-order chi connectivity index (χ1) is 18.6. The van der Waals surface area contributed by atoms with E-state index >= 15 is 0 Å². The van der Waals surface area contributed by atoms with E-state index < -0.39 is 11.0 Å². The number of oxazole rings is 1. The molecule has 204 valence electrons. The summed E-state index contributed by atoms with van der Waals surface area (Å²) in [5, 5.41) is 0.919. The zero-order valence-corrected chi connectivity index (χ0v) is 25.0. The summed E-state index contributed by atoms with van der Waals surface area (Å²) < 4.78 is 22.5. The molecule has 0 saturated carbocycles. The molecule has 1 N–H and O–H groups in total. The van der Waals surface area contributed by atoms with Crippen molar-refractivity contribution in [2.45, 2.75) is 57.7 Å². The second-order valence-corrected chi connectivity index (χ2v) is 14.6. The maximum atomic E-state index is 13.2. The van der Waals surface area contributed by atoms with Crippen LogP contribution in [0.5, 0.6) is 0 Å². The van der Waals surface area contributed by atoms with Gasteiger partial charge in [0.15, 0.2) is 5.58 Å². The number of benzene rings is 3. The fourth-order valence-electron chi connectivity index (χ4n) is 6.16. The van der Waals surface area contributed by atoms with Gasteiger partial charge >= 0.3 is 0 Å². The Labute approximate surface area is 242 Å². The summed E-state index contributed by atoms with van der Waals surface area (Å²) in [7, 11) is -1.14. The van der Waals surface area contributed by atoms with Gasteiger partial charge in [0.2, 0.25) is 5.89 Å². The van der Waals surface area contributed by atoms with Crippen LogP contribution in [0.25, 0.3) is 22.6 Å². The largest absolute Gasteiger partial charge is 0.436 e. The quantitative estimate of drug-likeness (QED) is 0.265. The topological polar surface area (TPSA) is 58.4 Å². The molecule has 2 aliphatic rings. The van der Waals surface area contributed by atoms with Crippen LogP contribution < -0.4 is 9.62 Å². The zero-order valence-electron chi connectivity index (χ0n) is 22.7. The van der Waals surface area contributed by atoms with Crippen molar-refractivity contribution in [3.63, 3.8) is 0 Å². The number of nitrogens with zero attached hydrogens (tertiary/aromatic N) is 2. The van der Waals surface area contributed by atoms with E-state index in [4.69, 9.17) is 32.6 Å². The molecule has 1 saturated heterocycles. The second-order valence-electron chi connectivity index (χ2n) is 11.8. The predicted molar refractivity (Wildman–Crippen MR) is 162 cm³/mol. The molecule has 4 aromatic rings. The van der Waals surface area contributed by atoms with E-state index in [0.29, 0.717) is 21.5 Å². The minimum Gasteiger partial charge on any atom is -0.436 e. The first-order valence-electron chi connectivity index (χ1n) is 13.4. The van der Waals surface area contributed by atoms with E-state index in [2.05, 4.69) is 46.9 Å². The second kappa shape index (κ2) is 9.91. The number of anilines is 1. The minimum atomic E-state index is -1.14. The van der Waals surface area contributed by atoms with Gasteiger partial charge in [0.05, 0.1) is 37.4 Å². The number of fused-ring (bicyclic) bond motifs is 2. The molecule has 2 atom stereocenters. The van der Waals surface area contributed by atoms with Gasteiger partial charge in [-0.3, -0.25) is 0 Å². The Morgan fingerprint density at radius 1 is 1.05 bits per heavy atom. The molecule has 8 heteroatoms. The van der Waals surface area contributed by atoms with Crippen LogP contribution in [0.1, 0.15) is 56.3 Å². The third kappa shape index (κ3) is 4.69. The van der Waals surface area contributed by atoms with Crippen molar-refractivity contribution >= 4 is 51.0 Å². The molecule has 1 aromatic heterocycles. The molecule has 1 aliphatic carbocycles. The summed E-state index contributed by atoms with van der Waals surface area (Å²) in [5.41, 5.74) is 7.25. The first-order valence-corrected chi connectivity index (χ1v) is 15.3. The van der Waals surface area contributed by atoms with E-state index in [1.165, 1.54) is 16.8 Å². The summed E-state index contributed by atoms with van der Waals surface area (Å²) >= 11 is 12.7. The Morgan fingerprint density at radius 3 is 2.54 bits per heavy atom. The molecule has 39 heavy (non-hydrogen) atoms. The molecule has 2 heterocycles. The van der Waals surface area contributed by atoms with Crippen LogP contribution in [-0.4, -0.2) is 27.0 Å². The highest BCUT2D eigenvalue weighted by molar-refractivity contribution is 7.84. The molecule has 1 aliphatic heterocycles. The molecule has 1 fully saturated rings. The average Bonchev–Trinajstić information content (AvgIpc) is 3.46. The van der Waals surface area contributed by atoms with E-state index in [9.17, 15) is 4.21 Å². The molecule has 0 amide bonds. The Bertz CT molecular complexity index is 1580. The smallest absolute Gasteiger partial charge is 0.228 e. The summed E-state index contributed by atoms with van der Waals surface area (Å²) in [5.74, 6) is 0.472. The number of rotatable bonds is 4. The molecule has 1 spiro atoms.